The van der Waals surface area contributed by atoms with Crippen LogP contribution in [0.5, 0.6) is 0 Å². The van der Waals surface area contributed by atoms with Gasteiger partial charge in [0.2, 0.25) is 0 Å². The maximum Gasteiger partial charge on any atom is 0.178 e. The SMILES string of the molecule is CS(=O)(=O)c1cnn(-c2cnccc2CN)c1. The number of hydrogen-bond acceptors (Lipinski definition) is 5. The van der Waals surface area contributed by atoms with Gasteiger partial charge in [0, 0.05) is 25.2 Å². The molecule has 0 bridgehead atoms. The summed E-state index contributed by atoms with van der Waals surface area (Å²) in [4.78, 5) is 4.15. The monoisotopic (exact) mass is 252 g/mol. The third-order valence-corrected chi connectivity index (χ3v) is 3.41. The fourth-order valence-corrected chi connectivity index (χ4v) is 1.95. The van der Waals surface area contributed by atoms with E-state index < -0.39 is 9.84 Å². The highest BCUT2D eigenvalue weighted by Gasteiger charge is 2.12. The average Bonchev–Trinajstić information content (AvgIpc) is 2.77. The number of pyridine rings is 1. The maximum absolute atomic E-state index is 11.3. The second-order valence-electron chi connectivity index (χ2n) is 3.60. The van der Waals surface area contributed by atoms with E-state index >= 15 is 0 Å². The molecule has 0 saturated heterocycles. The lowest BCUT2D eigenvalue weighted by molar-refractivity contribution is 0.602. The third kappa shape index (κ3) is 2.34. The van der Waals surface area contributed by atoms with Gasteiger partial charge in [-0.15, -0.1) is 0 Å². The molecule has 6 nitrogen and oxygen atoms in total. The zero-order chi connectivity index (χ0) is 12.5. The molecule has 17 heavy (non-hydrogen) atoms. The predicted molar refractivity (Wildman–Crippen MR) is 62.4 cm³/mol. The van der Waals surface area contributed by atoms with Crippen LogP contribution in [-0.4, -0.2) is 29.4 Å². The van der Waals surface area contributed by atoms with Crippen molar-refractivity contribution in [3.05, 3.63) is 36.4 Å². The van der Waals surface area contributed by atoms with Crippen LogP contribution in [0.3, 0.4) is 0 Å². The molecular formula is C10H12N4O2S. The second kappa shape index (κ2) is 4.27. The fraction of sp³-hybridized carbons (Fsp3) is 0.200. The molecule has 2 heterocycles. The van der Waals surface area contributed by atoms with Gasteiger partial charge in [-0.1, -0.05) is 0 Å². The van der Waals surface area contributed by atoms with E-state index in [0.717, 1.165) is 11.8 Å². The minimum absolute atomic E-state index is 0.171. The van der Waals surface area contributed by atoms with Gasteiger partial charge >= 0.3 is 0 Å². The van der Waals surface area contributed by atoms with E-state index in [9.17, 15) is 8.42 Å². The Kier molecular flexibility index (Phi) is 2.95. The van der Waals surface area contributed by atoms with E-state index in [0.29, 0.717) is 12.2 Å². The summed E-state index contributed by atoms with van der Waals surface area (Å²) in [5, 5.41) is 4.00. The van der Waals surface area contributed by atoms with Crippen LogP contribution in [0.1, 0.15) is 5.56 Å². The topological polar surface area (TPSA) is 90.9 Å². The fourth-order valence-electron chi connectivity index (χ4n) is 1.42. The van der Waals surface area contributed by atoms with Gasteiger partial charge in [-0.05, 0) is 11.6 Å². The Morgan fingerprint density at radius 1 is 1.41 bits per heavy atom. The molecule has 0 aromatic carbocycles. The molecule has 0 radical (unpaired) electrons. The Morgan fingerprint density at radius 3 is 2.76 bits per heavy atom. The van der Waals surface area contributed by atoms with Crippen LogP contribution < -0.4 is 5.73 Å². The molecule has 0 saturated carbocycles. The Morgan fingerprint density at radius 2 is 2.18 bits per heavy atom. The van der Waals surface area contributed by atoms with Crippen molar-refractivity contribution in [2.45, 2.75) is 11.4 Å². The third-order valence-electron chi connectivity index (χ3n) is 2.34. The standard InChI is InChI=1S/C10H12N4O2S/c1-17(15,16)9-5-13-14(7-9)10-6-12-3-2-8(10)4-11/h2-3,5-7H,4,11H2,1H3. The van der Waals surface area contributed by atoms with E-state index in [4.69, 9.17) is 5.73 Å². The first kappa shape index (κ1) is 11.7. The van der Waals surface area contributed by atoms with Crippen LogP contribution in [0.2, 0.25) is 0 Å². The molecule has 0 unspecified atom stereocenters. The lowest BCUT2D eigenvalue weighted by atomic mass is 10.2. The number of nitrogens with zero attached hydrogens (tertiary/aromatic N) is 3. The summed E-state index contributed by atoms with van der Waals surface area (Å²) >= 11 is 0. The van der Waals surface area contributed by atoms with E-state index in [1.807, 2.05) is 0 Å². The summed E-state index contributed by atoms with van der Waals surface area (Å²) in [6, 6.07) is 1.77. The zero-order valence-corrected chi connectivity index (χ0v) is 10.1. The van der Waals surface area contributed by atoms with Gasteiger partial charge in [-0.2, -0.15) is 5.10 Å². The summed E-state index contributed by atoms with van der Waals surface area (Å²) in [6.45, 7) is 0.339. The van der Waals surface area contributed by atoms with Gasteiger partial charge < -0.3 is 5.73 Å². The van der Waals surface area contributed by atoms with Gasteiger partial charge in [0.15, 0.2) is 9.84 Å². The molecule has 2 aromatic rings. The Labute approximate surface area is 99.0 Å². The van der Waals surface area contributed by atoms with Crippen LogP contribution >= 0.6 is 0 Å². The van der Waals surface area contributed by atoms with Gasteiger partial charge in [0.25, 0.3) is 0 Å². The number of aromatic nitrogens is 3. The summed E-state index contributed by atoms with van der Waals surface area (Å²) in [7, 11) is -3.24. The molecular weight excluding hydrogens is 240 g/mol. The molecule has 7 heteroatoms. The molecule has 0 spiro atoms. The minimum Gasteiger partial charge on any atom is -0.326 e. The van der Waals surface area contributed by atoms with Crippen LogP contribution in [-0.2, 0) is 16.4 Å². The predicted octanol–water partition coefficient (Wildman–Crippen LogP) is 0.130. The van der Waals surface area contributed by atoms with Crippen molar-refractivity contribution in [1.29, 1.82) is 0 Å². The molecule has 0 aliphatic rings. The number of hydrogen-bond donors (Lipinski definition) is 1. The van der Waals surface area contributed by atoms with Crippen LogP contribution in [0, 0.1) is 0 Å². The zero-order valence-electron chi connectivity index (χ0n) is 9.24. The van der Waals surface area contributed by atoms with Crippen molar-refractivity contribution in [1.82, 2.24) is 14.8 Å². The van der Waals surface area contributed by atoms with Crippen molar-refractivity contribution >= 4 is 9.84 Å². The molecule has 0 fully saturated rings. The Balaban J connectivity index is 2.51. The Hall–Kier alpha value is -1.73. The quantitative estimate of drug-likeness (QED) is 0.838. The first-order valence-electron chi connectivity index (χ1n) is 4.90. The summed E-state index contributed by atoms with van der Waals surface area (Å²) in [5.41, 5.74) is 7.13. The molecule has 2 N–H and O–H groups in total. The maximum atomic E-state index is 11.3. The van der Waals surface area contributed by atoms with Gasteiger partial charge in [-0.25, -0.2) is 13.1 Å². The molecule has 2 rings (SSSR count). The summed E-state index contributed by atoms with van der Waals surface area (Å²) in [5.74, 6) is 0. The normalized spacial score (nSPS) is 11.6. The molecule has 90 valence electrons. The Bertz CT molecular complexity index is 633. The van der Waals surface area contributed by atoms with E-state index in [-0.39, 0.29) is 4.90 Å². The molecule has 0 aliphatic heterocycles. The van der Waals surface area contributed by atoms with E-state index in [1.165, 1.54) is 17.1 Å². The number of sulfone groups is 1. The molecule has 2 aromatic heterocycles. The summed E-state index contributed by atoms with van der Waals surface area (Å²) in [6.07, 6.45) is 7.13. The molecule has 0 aliphatic carbocycles. The smallest absolute Gasteiger partial charge is 0.178 e. The summed E-state index contributed by atoms with van der Waals surface area (Å²) < 4.78 is 24.1. The number of rotatable bonds is 3. The lowest BCUT2D eigenvalue weighted by Crippen LogP contribution is -2.05. The average molecular weight is 252 g/mol. The first-order chi connectivity index (χ1) is 8.02. The minimum atomic E-state index is -3.24. The molecule has 0 amide bonds. The van der Waals surface area contributed by atoms with Crippen molar-refractivity contribution in [2.75, 3.05) is 6.26 Å². The largest absolute Gasteiger partial charge is 0.326 e. The van der Waals surface area contributed by atoms with E-state index in [1.54, 1.807) is 18.5 Å². The first-order valence-corrected chi connectivity index (χ1v) is 6.79. The van der Waals surface area contributed by atoms with Crippen molar-refractivity contribution in [2.24, 2.45) is 5.73 Å². The number of nitrogens with two attached hydrogens (primary N) is 1. The van der Waals surface area contributed by atoms with Crippen molar-refractivity contribution < 1.29 is 8.42 Å². The van der Waals surface area contributed by atoms with Gasteiger partial charge in [0.1, 0.15) is 4.90 Å². The van der Waals surface area contributed by atoms with Gasteiger partial charge in [-0.3, -0.25) is 4.98 Å². The second-order valence-corrected chi connectivity index (χ2v) is 5.62. The highest BCUT2D eigenvalue weighted by Crippen LogP contribution is 2.14. The lowest BCUT2D eigenvalue weighted by Gasteiger charge is -2.05. The van der Waals surface area contributed by atoms with Crippen molar-refractivity contribution in [3.63, 3.8) is 0 Å². The van der Waals surface area contributed by atoms with Crippen LogP contribution in [0.15, 0.2) is 35.7 Å². The van der Waals surface area contributed by atoms with Crippen LogP contribution in [0.25, 0.3) is 5.69 Å². The highest BCUT2D eigenvalue weighted by atomic mass is 32.2. The van der Waals surface area contributed by atoms with E-state index in [2.05, 4.69) is 10.1 Å². The van der Waals surface area contributed by atoms with Crippen LogP contribution in [0.4, 0.5) is 0 Å². The molecule has 0 atom stereocenters. The van der Waals surface area contributed by atoms with Gasteiger partial charge in [0.05, 0.1) is 18.1 Å². The highest BCUT2D eigenvalue weighted by molar-refractivity contribution is 7.90. The van der Waals surface area contributed by atoms with Crippen molar-refractivity contribution in [3.8, 4) is 5.69 Å².